The molecule has 0 spiro atoms. The highest BCUT2D eigenvalue weighted by atomic mass is 32.1. The van der Waals surface area contributed by atoms with Crippen molar-refractivity contribution < 1.29 is 9.59 Å². The molecule has 2 heterocycles. The summed E-state index contributed by atoms with van der Waals surface area (Å²) in [7, 11) is 0. The van der Waals surface area contributed by atoms with Crippen molar-refractivity contribution >= 4 is 23.0 Å². The van der Waals surface area contributed by atoms with Crippen LogP contribution in [0.25, 0.3) is 0 Å². The summed E-state index contributed by atoms with van der Waals surface area (Å²) in [6.45, 7) is 7.27. The third-order valence-corrected chi connectivity index (χ3v) is 5.47. The lowest BCUT2D eigenvalue weighted by atomic mass is 9.97. The van der Waals surface area contributed by atoms with E-state index in [4.69, 9.17) is 0 Å². The van der Waals surface area contributed by atoms with Gasteiger partial charge in [-0.25, -0.2) is 4.98 Å². The van der Waals surface area contributed by atoms with Gasteiger partial charge in [0.25, 0.3) is 0 Å². The highest BCUT2D eigenvalue weighted by Crippen LogP contribution is 2.32. The highest BCUT2D eigenvalue weighted by Gasteiger charge is 2.26. The Labute approximate surface area is 145 Å². The van der Waals surface area contributed by atoms with E-state index in [1.165, 1.54) is 11.8 Å². The Balaban J connectivity index is 1.73. The van der Waals surface area contributed by atoms with E-state index in [-0.39, 0.29) is 24.3 Å². The van der Waals surface area contributed by atoms with Crippen LogP contribution >= 0.6 is 11.3 Å². The average molecular weight is 346 g/mol. The minimum Gasteiger partial charge on any atom is -0.346 e. The number of carbonyl (C=O) groups excluding carboxylic acids is 2. The van der Waals surface area contributed by atoms with Gasteiger partial charge in [0.15, 0.2) is 5.78 Å². The standard InChI is InChI=1S/C17H22N4O2S/c1-9-16(11(3)22)10(2)21(20-9)8-15(23)19-13-6-5-7-14-17(13)18-12(4)24-14/h13H,5-8H2,1-4H3,(H,19,23). The molecule has 0 radical (unpaired) electrons. The van der Waals surface area contributed by atoms with E-state index in [2.05, 4.69) is 15.4 Å². The summed E-state index contributed by atoms with van der Waals surface area (Å²) in [6, 6.07) is -0.0181. The van der Waals surface area contributed by atoms with Crippen LogP contribution in [0.15, 0.2) is 0 Å². The molecule has 0 aliphatic heterocycles. The van der Waals surface area contributed by atoms with Crippen molar-refractivity contribution in [2.45, 2.75) is 59.5 Å². The molecule has 3 rings (SSSR count). The topological polar surface area (TPSA) is 76.9 Å². The predicted molar refractivity (Wildman–Crippen MR) is 92.4 cm³/mol. The summed E-state index contributed by atoms with van der Waals surface area (Å²) in [5.74, 6) is -0.120. The van der Waals surface area contributed by atoms with Crippen molar-refractivity contribution in [2.24, 2.45) is 0 Å². The number of hydrogen-bond donors (Lipinski definition) is 1. The SMILES string of the molecule is CC(=O)c1c(C)nn(CC(=O)NC2CCCc3sc(C)nc32)c1C. The number of rotatable bonds is 4. The largest absolute Gasteiger partial charge is 0.346 e. The maximum atomic E-state index is 12.5. The predicted octanol–water partition coefficient (Wildman–Crippen LogP) is 2.66. The number of thiazole rings is 1. The van der Waals surface area contributed by atoms with Gasteiger partial charge in [-0.1, -0.05) is 0 Å². The number of fused-ring (bicyclic) bond motifs is 1. The van der Waals surface area contributed by atoms with E-state index in [1.54, 1.807) is 22.9 Å². The molecule has 1 aliphatic carbocycles. The number of carbonyl (C=O) groups is 2. The van der Waals surface area contributed by atoms with Gasteiger partial charge in [0, 0.05) is 10.6 Å². The zero-order valence-corrected chi connectivity index (χ0v) is 15.3. The Morgan fingerprint density at radius 3 is 2.75 bits per heavy atom. The molecule has 0 saturated carbocycles. The summed E-state index contributed by atoms with van der Waals surface area (Å²) in [5.41, 5.74) is 3.04. The fourth-order valence-corrected chi connectivity index (χ4v) is 4.46. The molecule has 7 heteroatoms. The van der Waals surface area contributed by atoms with Gasteiger partial charge in [-0.2, -0.15) is 5.10 Å². The molecule has 0 bridgehead atoms. The van der Waals surface area contributed by atoms with Crippen LogP contribution in [0.3, 0.4) is 0 Å². The summed E-state index contributed by atoms with van der Waals surface area (Å²) < 4.78 is 1.61. The lowest BCUT2D eigenvalue weighted by Gasteiger charge is -2.22. The van der Waals surface area contributed by atoms with Crippen molar-refractivity contribution in [3.8, 4) is 0 Å². The van der Waals surface area contributed by atoms with Crippen LogP contribution in [0.1, 0.15) is 63.1 Å². The van der Waals surface area contributed by atoms with Crippen LogP contribution < -0.4 is 5.32 Å². The number of Topliss-reactive ketones (excluding diaryl/α,β-unsaturated/α-hetero) is 1. The Hall–Kier alpha value is -2.02. The molecule has 0 saturated heterocycles. The molecule has 0 fully saturated rings. The lowest BCUT2D eigenvalue weighted by molar-refractivity contribution is -0.122. The Bertz CT molecular complexity index is 806. The van der Waals surface area contributed by atoms with E-state index >= 15 is 0 Å². The molecule has 128 valence electrons. The fraction of sp³-hybridized carbons (Fsp3) is 0.529. The summed E-state index contributed by atoms with van der Waals surface area (Å²) in [5, 5.41) is 8.46. The number of nitrogens with one attached hydrogen (secondary N) is 1. The first kappa shape index (κ1) is 16.8. The van der Waals surface area contributed by atoms with Crippen LogP contribution in [0, 0.1) is 20.8 Å². The van der Waals surface area contributed by atoms with E-state index < -0.39 is 0 Å². The number of ketones is 1. The zero-order valence-electron chi connectivity index (χ0n) is 14.5. The molecular weight excluding hydrogens is 324 g/mol. The Morgan fingerprint density at radius 1 is 1.33 bits per heavy atom. The highest BCUT2D eigenvalue weighted by molar-refractivity contribution is 7.11. The van der Waals surface area contributed by atoms with Crippen molar-refractivity contribution in [1.29, 1.82) is 0 Å². The maximum Gasteiger partial charge on any atom is 0.242 e. The second-order valence-corrected chi connectivity index (χ2v) is 7.60. The fourth-order valence-electron chi connectivity index (χ4n) is 3.42. The number of nitrogens with zero attached hydrogens (tertiary/aromatic N) is 3. The van der Waals surface area contributed by atoms with Gasteiger partial charge >= 0.3 is 0 Å². The second-order valence-electron chi connectivity index (χ2n) is 6.31. The van der Waals surface area contributed by atoms with Crippen LogP contribution in [0.4, 0.5) is 0 Å². The number of aromatic nitrogens is 3. The number of amides is 1. The first-order valence-electron chi connectivity index (χ1n) is 8.17. The summed E-state index contributed by atoms with van der Waals surface area (Å²) in [6.07, 6.45) is 3.03. The Morgan fingerprint density at radius 2 is 2.08 bits per heavy atom. The van der Waals surface area contributed by atoms with Crippen molar-refractivity contribution in [3.05, 3.63) is 32.5 Å². The molecular formula is C17H22N4O2S. The molecule has 1 N–H and O–H groups in total. The third-order valence-electron chi connectivity index (χ3n) is 4.42. The first-order valence-corrected chi connectivity index (χ1v) is 8.99. The molecule has 2 aromatic heterocycles. The molecule has 1 amide bonds. The zero-order chi connectivity index (χ0) is 17.4. The molecule has 2 aromatic rings. The van der Waals surface area contributed by atoms with E-state index in [1.807, 2.05) is 13.8 Å². The van der Waals surface area contributed by atoms with Crippen LogP contribution in [0.2, 0.25) is 0 Å². The summed E-state index contributed by atoms with van der Waals surface area (Å²) >= 11 is 1.72. The van der Waals surface area contributed by atoms with Gasteiger partial charge in [0.2, 0.25) is 5.91 Å². The van der Waals surface area contributed by atoms with Gasteiger partial charge in [-0.15, -0.1) is 11.3 Å². The third kappa shape index (κ3) is 3.13. The lowest BCUT2D eigenvalue weighted by Crippen LogP contribution is -2.34. The monoisotopic (exact) mass is 346 g/mol. The smallest absolute Gasteiger partial charge is 0.242 e. The molecule has 1 aliphatic rings. The minimum atomic E-state index is -0.0980. The van der Waals surface area contributed by atoms with Crippen molar-refractivity contribution in [1.82, 2.24) is 20.1 Å². The maximum absolute atomic E-state index is 12.5. The first-order chi connectivity index (χ1) is 11.4. The van der Waals surface area contributed by atoms with Gasteiger partial charge in [-0.3, -0.25) is 14.3 Å². The molecule has 0 aromatic carbocycles. The number of hydrogen-bond acceptors (Lipinski definition) is 5. The van der Waals surface area contributed by atoms with Gasteiger partial charge in [0.1, 0.15) is 6.54 Å². The van der Waals surface area contributed by atoms with Gasteiger partial charge in [0.05, 0.1) is 28.0 Å². The van der Waals surface area contributed by atoms with Gasteiger partial charge in [-0.05, 0) is 47.0 Å². The minimum absolute atomic E-state index is 0.0181. The van der Waals surface area contributed by atoms with Crippen LogP contribution in [-0.4, -0.2) is 26.5 Å². The molecule has 1 atom stereocenters. The van der Waals surface area contributed by atoms with Crippen LogP contribution in [0.5, 0.6) is 0 Å². The molecule has 24 heavy (non-hydrogen) atoms. The second kappa shape index (κ2) is 6.47. The number of aryl methyl sites for hydroxylation is 3. The van der Waals surface area contributed by atoms with E-state index in [0.29, 0.717) is 11.3 Å². The van der Waals surface area contributed by atoms with Gasteiger partial charge < -0.3 is 5.32 Å². The van der Waals surface area contributed by atoms with E-state index in [9.17, 15) is 9.59 Å². The summed E-state index contributed by atoms with van der Waals surface area (Å²) in [4.78, 5) is 30.0. The van der Waals surface area contributed by atoms with Crippen LogP contribution in [-0.2, 0) is 17.8 Å². The quantitative estimate of drug-likeness (QED) is 0.864. The molecule has 1 unspecified atom stereocenters. The molecule has 6 nitrogen and oxygen atoms in total. The van der Waals surface area contributed by atoms with E-state index in [0.717, 1.165) is 35.7 Å². The average Bonchev–Trinajstić information content (AvgIpc) is 2.99. The van der Waals surface area contributed by atoms with Crippen molar-refractivity contribution in [2.75, 3.05) is 0 Å². The Kier molecular flexibility index (Phi) is 4.54. The van der Waals surface area contributed by atoms with Crippen molar-refractivity contribution in [3.63, 3.8) is 0 Å². The normalized spacial score (nSPS) is 16.8.